The molecular weight excluding hydrogens is 236 g/mol. The zero-order valence-corrected chi connectivity index (χ0v) is 10.8. The Bertz CT molecular complexity index is 392. The smallest absolute Gasteiger partial charge is 0.251 e. The summed E-state index contributed by atoms with van der Waals surface area (Å²) >= 11 is 0. The van der Waals surface area contributed by atoms with Crippen LogP contribution in [0.1, 0.15) is 26.7 Å². The van der Waals surface area contributed by atoms with Gasteiger partial charge in [-0.3, -0.25) is 25.0 Å². The monoisotopic (exact) mass is 254 g/mol. The molecule has 1 heterocycles. The van der Waals surface area contributed by atoms with Gasteiger partial charge in [-0.2, -0.15) is 0 Å². The summed E-state index contributed by atoms with van der Waals surface area (Å²) in [5.74, 6) is -0.584. The Balaban J connectivity index is 2.66. The predicted octanol–water partition coefficient (Wildman–Crippen LogP) is -0.765. The molecule has 1 unspecified atom stereocenters. The first-order valence-corrected chi connectivity index (χ1v) is 5.84. The SMILES string of the molecule is CCCC(=O)N(C)C1CN=C(NC(C)=O)NC1=O. The van der Waals surface area contributed by atoms with Crippen LogP contribution in [-0.2, 0) is 14.4 Å². The molecule has 0 saturated heterocycles. The molecule has 0 saturated carbocycles. The lowest BCUT2D eigenvalue weighted by atomic mass is 10.2. The molecule has 0 aromatic rings. The van der Waals surface area contributed by atoms with Gasteiger partial charge in [0.05, 0.1) is 6.54 Å². The highest BCUT2D eigenvalue weighted by Crippen LogP contribution is 2.05. The van der Waals surface area contributed by atoms with E-state index in [2.05, 4.69) is 15.6 Å². The Hall–Kier alpha value is -1.92. The van der Waals surface area contributed by atoms with Crippen molar-refractivity contribution in [2.45, 2.75) is 32.7 Å². The fraction of sp³-hybridized carbons (Fsp3) is 0.636. The zero-order chi connectivity index (χ0) is 13.7. The normalized spacial score (nSPS) is 18.7. The third-order valence-electron chi connectivity index (χ3n) is 2.59. The molecular formula is C11H18N4O3. The molecule has 1 aliphatic rings. The molecule has 0 aliphatic carbocycles. The Labute approximate surface area is 106 Å². The van der Waals surface area contributed by atoms with Crippen molar-refractivity contribution in [3.05, 3.63) is 0 Å². The third-order valence-corrected chi connectivity index (χ3v) is 2.59. The third kappa shape index (κ3) is 3.54. The van der Waals surface area contributed by atoms with Crippen LogP contribution in [-0.4, -0.2) is 48.2 Å². The second kappa shape index (κ2) is 6.13. The number of carbonyl (C=O) groups excluding carboxylic acids is 3. The molecule has 0 radical (unpaired) electrons. The summed E-state index contributed by atoms with van der Waals surface area (Å²) in [6, 6.07) is -0.610. The lowest BCUT2D eigenvalue weighted by Crippen LogP contribution is -2.57. The van der Waals surface area contributed by atoms with E-state index in [0.29, 0.717) is 6.42 Å². The van der Waals surface area contributed by atoms with E-state index in [9.17, 15) is 14.4 Å². The van der Waals surface area contributed by atoms with Gasteiger partial charge in [0.2, 0.25) is 17.8 Å². The molecule has 0 spiro atoms. The van der Waals surface area contributed by atoms with E-state index >= 15 is 0 Å². The number of guanidine groups is 1. The molecule has 7 nitrogen and oxygen atoms in total. The van der Waals surface area contributed by atoms with Crippen molar-refractivity contribution < 1.29 is 14.4 Å². The summed E-state index contributed by atoms with van der Waals surface area (Å²) < 4.78 is 0. The summed E-state index contributed by atoms with van der Waals surface area (Å²) in [6.45, 7) is 3.39. The van der Waals surface area contributed by atoms with Crippen LogP contribution in [0.25, 0.3) is 0 Å². The Morgan fingerprint density at radius 1 is 1.56 bits per heavy atom. The highest BCUT2D eigenvalue weighted by Gasteiger charge is 2.30. The topological polar surface area (TPSA) is 90.9 Å². The van der Waals surface area contributed by atoms with Crippen LogP contribution in [0.4, 0.5) is 0 Å². The summed E-state index contributed by atoms with van der Waals surface area (Å²) in [6.07, 6.45) is 1.14. The Kier molecular flexibility index (Phi) is 4.82. The van der Waals surface area contributed by atoms with Crippen molar-refractivity contribution in [2.24, 2.45) is 4.99 Å². The first kappa shape index (κ1) is 14.1. The van der Waals surface area contributed by atoms with E-state index in [0.717, 1.165) is 6.42 Å². The van der Waals surface area contributed by atoms with Crippen LogP contribution in [0, 0.1) is 0 Å². The van der Waals surface area contributed by atoms with Crippen LogP contribution >= 0.6 is 0 Å². The largest absolute Gasteiger partial charge is 0.332 e. The number of carbonyl (C=O) groups is 3. The minimum atomic E-state index is -0.610. The van der Waals surface area contributed by atoms with E-state index in [1.807, 2.05) is 6.92 Å². The van der Waals surface area contributed by atoms with Gasteiger partial charge in [0.25, 0.3) is 5.91 Å². The van der Waals surface area contributed by atoms with Gasteiger partial charge in [0, 0.05) is 20.4 Å². The van der Waals surface area contributed by atoms with Gasteiger partial charge in [-0.25, -0.2) is 4.99 Å². The van der Waals surface area contributed by atoms with Crippen LogP contribution in [0.15, 0.2) is 4.99 Å². The van der Waals surface area contributed by atoms with E-state index in [-0.39, 0.29) is 30.2 Å². The molecule has 2 N–H and O–H groups in total. The van der Waals surface area contributed by atoms with Gasteiger partial charge in [-0.15, -0.1) is 0 Å². The molecule has 0 fully saturated rings. The fourth-order valence-corrected chi connectivity index (χ4v) is 1.60. The summed E-state index contributed by atoms with van der Waals surface area (Å²) in [4.78, 5) is 39.7. The second-order valence-corrected chi connectivity index (χ2v) is 4.13. The molecule has 1 rings (SSSR count). The highest BCUT2D eigenvalue weighted by molar-refractivity contribution is 6.07. The van der Waals surface area contributed by atoms with Crippen molar-refractivity contribution in [2.75, 3.05) is 13.6 Å². The van der Waals surface area contributed by atoms with Gasteiger partial charge >= 0.3 is 0 Å². The van der Waals surface area contributed by atoms with Crippen molar-refractivity contribution in [3.63, 3.8) is 0 Å². The van der Waals surface area contributed by atoms with Gasteiger partial charge in [-0.1, -0.05) is 6.92 Å². The number of hydrogen-bond donors (Lipinski definition) is 2. The van der Waals surface area contributed by atoms with Gasteiger partial charge in [-0.05, 0) is 6.42 Å². The average Bonchev–Trinajstić information content (AvgIpc) is 2.28. The summed E-state index contributed by atoms with van der Waals surface area (Å²) in [5, 5.41) is 4.86. The lowest BCUT2D eigenvalue weighted by Gasteiger charge is -2.29. The van der Waals surface area contributed by atoms with Gasteiger partial charge in [0.15, 0.2) is 0 Å². The number of nitrogens with one attached hydrogen (secondary N) is 2. The fourth-order valence-electron chi connectivity index (χ4n) is 1.60. The number of likely N-dealkylation sites (N-methyl/N-ethyl adjacent to an activating group) is 1. The Morgan fingerprint density at radius 2 is 2.22 bits per heavy atom. The van der Waals surface area contributed by atoms with Crippen LogP contribution in [0.2, 0.25) is 0 Å². The van der Waals surface area contributed by atoms with Crippen molar-refractivity contribution >= 4 is 23.7 Å². The zero-order valence-electron chi connectivity index (χ0n) is 10.8. The summed E-state index contributed by atoms with van der Waals surface area (Å²) in [7, 11) is 1.58. The van der Waals surface area contributed by atoms with E-state index < -0.39 is 6.04 Å². The average molecular weight is 254 g/mol. The number of rotatable bonds is 3. The van der Waals surface area contributed by atoms with Crippen molar-refractivity contribution in [1.29, 1.82) is 0 Å². The maximum Gasteiger partial charge on any atom is 0.251 e. The maximum atomic E-state index is 11.8. The molecule has 0 aromatic carbocycles. The summed E-state index contributed by atoms with van der Waals surface area (Å²) in [5.41, 5.74) is 0. The minimum absolute atomic E-state index is 0.0872. The molecule has 7 heteroatoms. The molecule has 0 aromatic heterocycles. The van der Waals surface area contributed by atoms with Crippen LogP contribution in [0.5, 0.6) is 0 Å². The molecule has 1 aliphatic heterocycles. The maximum absolute atomic E-state index is 11.8. The first-order valence-electron chi connectivity index (χ1n) is 5.84. The van der Waals surface area contributed by atoms with Crippen molar-refractivity contribution in [3.8, 4) is 0 Å². The van der Waals surface area contributed by atoms with Crippen LogP contribution < -0.4 is 10.6 Å². The number of nitrogens with zero attached hydrogens (tertiary/aromatic N) is 2. The standard InChI is InChI=1S/C11H18N4O3/c1-4-5-9(17)15(3)8-6-12-11(13-7(2)16)14-10(8)18/h8H,4-6H2,1-3H3,(H2,12,13,14,16,18). The molecule has 3 amide bonds. The molecule has 100 valence electrons. The minimum Gasteiger partial charge on any atom is -0.332 e. The second-order valence-electron chi connectivity index (χ2n) is 4.13. The Morgan fingerprint density at radius 3 is 2.72 bits per heavy atom. The molecule has 1 atom stereocenters. The number of hydrogen-bond acceptors (Lipinski definition) is 4. The number of aliphatic imine (C=N–C) groups is 1. The van der Waals surface area contributed by atoms with Crippen molar-refractivity contribution in [1.82, 2.24) is 15.5 Å². The predicted molar refractivity (Wildman–Crippen MR) is 65.7 cm³/mol. The molecule has 0 bridgehead atoms. The van der Waals surface area contributed by atoms with Gasteiger partial charge in [0.1, 0.15) is 6.04 Å². The highest BCUT2D eigenvalue weighted by atomic mass is 16.2. The van der Waals surface area contributed by atoms with E-state index in [4.69, 9.17) is 0 Å². The quantitative estimate of drug-likeness (QED) is 0.693. The van der Waals surface area contributed by atoms with E-state index in [1.54, 1.807) is 7.05 Å². The van der Waals surface area contributed by atoms with Crippen LogP contribution in [0.3, 0.4) is 0 Å². The van der Waals surface area contributed by atoms with Gasteiger partial charge < -0.3 is 4.90 Å². The number of amides is 3. The van der Waals surface area contributed by atoms with E-state index in [1.165, 1.54) is 11.8 Å². The lowest BCUT2D eigenvalue weighted by molar-refractivity contribution is -0.138. The first-order chi connectivity index (χ1) is 8.45. The molecule has 18 heavy (non-hydrogen) atoms.